The number of carbonyl (C=O) groups is 1. The summed E-state index contributed by atoms with van der Waals surface area (Å²) in [6.07, 6.45) is 1.15. The minimum atomic E-state index is -0.104. The number of ether oxygens (including phenoxy) is 1. The second-order valence-corrected chi connectivity index (χ2v) is 7.37. The quantitative estimate of drug-likeness (QED) is 0.661. The minimum absolute atomic E-state index is 0.0152. The molecule has 1 aliphatic heterocycles. The Bertz CT molecular complexity index is 953. The molecule has 29 heavy (non-hydrogen) atoms. The summed E-state index contributed by atoms with van der Waals surface area (Å²) in [7, 11) is 0. The van der Waals surface area contributed by atoms with Gasteiger partial charge in [0.25, 0.3) is 0 Å². The van der Waals surface area contributed by atoms with Crippen LogP contribution in [0.25, 0.3) is 0 Å². The van der Waals surface area contributed by atoms with Crippen LogP contribution in [0.5, 0.6) is 5.75 Å². The molecule has 2 N–H and O–H groups in total. The Hall–Kier alpha value is -3.11. The Morgan fingerprint density at radius 3 is 2.45 bits per heavy atom. The fraction of sp³-hybridized carbons (Fsp3) is 0.240. The van der Waals surface area contributed by atoms with Gasteiger partial charge in [0, 0.05) is 18.9 Å². The van der Waals surface area contributed by atoms with Gasteiger partial charge in [-0.2, -0.15) is 0 Å². The number of aromatic hydroxyl groups is 1. The van der Waals surface area contributed by atoms with Crippen molar-refractivity contribution >= 4 is 5.91 Å². The second-order valence-electron chi connectivity index (χ2n) is 7.37. The number of phenols is 1. The maximum Gasteiger partial charge on any atom is 0.221 e. The third-order valence-electron chi connectivity index (χ3n) is 5.46. The van der Waals surface area contributed by atoms with Crippen LogP contribution in [-0.4, -0.2) is 24.2 Å². The lowest BCUT2D eigenvalue weighted by atomic mass is 9.88. The molecule has 4 heteroatoms. The van der Waals surface area contributed by atoms with Gasteiger partial charge in [-0.05, 0) is 40.8 Å². The lowest BCUT2D eigenvalue weighted by molar-refractivity contribution is -0.122. The summed E-state index contributed by atoms with van der Waals surface area (Å²) in [6, 6.07) is 25.3. The zero-order valence-electron chi connectivity index (χ0n) is 16.3. The molecule has 0 radical (unpaired) electrons. The monoisotopic (exact) mass is 387 g/mol. The van der Waals surface area contributed by atoms with Gasteiger partial charge < -0.3 is 15.2 Å². The molecule has 0 unspecified atom stereocenters. The van der Waals surface area contributed by atoms with Crippen molar-refractivity contribution in [1.29, 1.82) is 0 Å². The van der Waals surface area contributed by atoms with Gasteiger partial charge >= 0.3 is 0 Å². The van der Waals surface area contributed by atoms with Crippen LogP contribution in [0.4, 0.5) is 0 Å². The molecule has 1 aliphatic rings. The van der Waals surface area contributed by atoms with E-state index in [9.17, 15) is 9.90 Å². The van der Waals surface area contributed by atoms with Gasteiger partial charge in [0.05, 0.1) is 6.61 Å². The lowest BCUT2D eigenvalue weighted by Gasteiger charge is -2.26. The predicted molar refractivity (Wildman–Crippen MR) is 113 cm³/mol. The Balaban J connectivity index is 1.46. The summed E-state index contributed by atoms with van der Waals surface area (Å²) in [4.78, 5) is 12.8. The van der Waals surface area contributed by atoms with Crippen molar-refractivity contribution in [3.05, 3.63) is 101 Å². The summed E-state index contributed by atoms with van der Waals surface area (Å²) < 4.78 is 5.90. The summed E-state index contributed by atoms with van der Waals surface area (Å²) in [5, 5.41) is 12.7. The molecule has 0 aliphatic carbocycles. The molecule has 3 aromatic carbocycles. The molecule has 1 amide bonds. The van der Waals surface area contributed by atoms with Crippen molar-refractivity contribution in [3.8, 4) is 5.75 Å². The van der Waals surface area contributed by atoms with Gasteiger partial charge in [0.15, 0.2) is 0 Å². The van der Waals surface area contributed by atoms with Crippen LogP contribution >= 0.6 is 0 Å². The van der Waals surface area contributed by atoms with E-state index in [2.05, 4.69) is 17.4 Å². The number of amides is 1. The van der Waals surface area contributed by atoms with E-state index < -0.39 is 0 Å². The van der Waals surface area contributed by atoms with Crippen LogP contribution in [0.3, 0.4) is 0 Å². The Morgan fingerprint density at radius 2 is 1.66 bits per heavy atom. The minimum Gasteiger partial charge on any atom is -0.508 e. The molecule has 0 saturated carbocycles. The number of phenolic OH excluding ortho intramolecular Hbond substituents is 1. The van der Waals surface area contributed by atoms with Gasteiger partial charge in [-0.15, -0.1) is 0 Å². The van der Waals surface area contributed by atoms with Gasteiger partial charge in [0.1, 0.15) is 11.9 Å². The zero-order valence-corrected chi connectivity index (χ0v) is 16.3. The third-order valence-corrected chi connectivity index (χ3v) is 5.46. The van der Waals surface area contributed by atoms with E-state index in [1.807, 2.05) is 54.6 Å². The van der Waals surface area contributed by atoms with Gasteiger partial charge in [0.2, 0.25) is 5.91 Å². The zero-order chi connectivity index (χ0) is 20.1. The number of benzene rings is 3. The van der Waals surface area contributed by atoms with E-state index in [1.54, 1.807) is 12.1 Å². The SMILES string of the molecule is O=C(C[C@@H](c1ccccc1)c1ccc(O)cc1)NC[C@H]1OCCc2ccccc21. The maximum absolute atomic E-state index is 12.8. The fourth-order valence-corrected chi connectivity index (χ4v) is 3.93. The Labute approximate surface area is 171 Å². The van der Waals surface area contributed by atoms with Crippen LogP contribution < -0.4 is 5.32 Å². The average molecular weight is 387 g/mol. The molecule has 0 spiro atoms. The first kappa shape index (κ1) is 19.2. The highest BCUT2D eigenvalue weighted by atomic mass is 16.5. The molecular formula is C25H25NO3. The van der Waals surface area contributed by atoms with E-state index >= 15 is 0 Å². The first-order valence-electron chi connectivity index (χ1n) is 10.0. The average Bonchev–Trinajstić information content (AvgIpc) is 2.77. The number of hydrogen-bond acceptors (Lipinski definition) is 3. The Morgan fingerprint density at radius 1 is 0.966 bits per heavy atom. The predicted octanol–water partition coefficient (Wildman–Crippen LogP) is 4.34. The normalized spacial score (nSPS) is 16.6. The number of carbonyl (C=O) groups excluding carboxylic acids is 1. The van der Waals surface area contributed by atoms with Crippen molar-refractivity contribution in [1.82, 2.24) is 5.32 Å². The molecule has 1 heterocycles. The lowest BCUT2D eigenvalue weighted by Crippen LogP contribution is -2.32. The van der Waals surface area contributed by atoms with E-state index in [-0.39, 0.29) is 23.7 Å². The molecule has 2 atom stereocenters. The molecular weight excluding hydrogens is 362 g/mol. The standard InChI is InChI=1S/C25H25NO3/c27-21-12-10-20(11-13-21)23(18-6-2-1-3-7-18)16-25(28)26-17-24-22-9-5-4-8-19(22)14-15-29-24/h1-13,23-24,27H,14-17H2,(H,26,28)/t23-,24+/m0/s1. The van der Waals surface area contributed by atoms with Crippen LogP contribution in [0, 0.1) is 0 Å². The molecule has 4 nitrogen and oxygen atoms in total. The van der Waals surface area contributed by atoms with E-state index in [0.717, 1.165) is 23.1 Å². The van der Waals surface area contributed by atoms with Crippen molar-refractivity contribution < 1.29 is 14.6 Å². The van der Waals surface area contributed by atoms with E-state index in [1.165, 1.54) is 5.56 Å². The molecule has 0 fully saturated rings. The van der Waals surface area contributed by atoms with Crippen molar-refractivity contribution in [2.45, 2.75) is 24.9 Å². The van der Waals surface area contributed by atoms with Gasteiger partial charge in [-0.1, -0.05) is 66.7 Å². The van der Waals surface area contributed by atoms with Crippen molar-refractivity contribution in [2.24, 2.45) is 0 Å². The molecule has 0 bridgehead atoms. The highest BCUT2D eigenvalue weighted by Crippen LogP contribution is 2.30. The largest absolute Gasteiger partial charge is 0.508 e. The molecule has 0 aromatic heterocycles. The number of nitrogens with one attached hydrogen (secondary N) is 1. The first-order valence-corrected chi connectivity index (χ1v) is 10.0. The van der Waals surface area contributed by atoms with Crippen LogP contribution in [0.15, 0.2) is 78.9 Å². The summed E-state index contributed by atoms with van der Waals surface area (Å²) in [5.74, 6) is 0.132. The maximum atomic E-state index is 12.8. The molecule has 0 saturated heterocycles. The summed E-state index contributed by atoms with van der Waals surface area (Å²) in [5.41, 5.74) is 4.54. The summed E-state index contributed by atoms with van der Waals surface area (Å²) in [6.45, 7) is 1.14. The molecule has 3 aromatic rings. The molecule has 148 valence electrons. The van der Waals surface area contributed by atoms with Crippen molar-refractivity contribution in [2.75, 3.05) is 13.2 Å². The third kappa shape index (κ3) is 4.66. The van der Waals surface area contributed by atoms with Crippen LogP contribution in [-0.2, 0) is 16.0 Å². The number of rotatable bonds is 6. The van der Waals surface area contributed by atoms with Crippen LogP contribution in [0.1, 0.15) is 40.7 Å². The smallest absolute Gasteiger partial charge is 0.221 e. The van der Waals surface area contributed by atoms with E-state index in [4.69, 9.17) is 4.74 Å². The first-order chi connectivity index (χ1) is 14.2. The van der Waals surface area contributed by atoms with E-state index in [0.29, 0.717) is 19.6 Å². The van der Waals surface area contributed by atoms with Crippen molar-refractivity contribution in [3.63, 3.8) is 0 Å². The Kier molecular flexibility index (Phi) is 5.92. The summed E-state index contributed by atoms with van der Waals surface area (Å²) >= 11 is 0. The second kappa shape index (κ2) is 8.93. The number of hydrogen-bond donors (Lipinski definition) is 2. The van der Waals surface area contributed by atoms with Crippen LogP contribution in [0.2, 0.25) is 0 Å². The highest BCUT2D eigenvalue weighted by molar-refractivity contribution is 5.77. The molecule has 4 rings (SSSR count). The van der Waals surface area contributed by atoms with Gasteiger partial charge in [-0.25, -0.2) is 0 Å². The number of fused-ring (bicyclic) bond motifs is 1. The highest BCUT2D eigenvalue weighted by Gasteiger charge is 2.23. The topological polar surface area (TPSA) is 58.6 Å². The van der Waals surface area contributed by atoms with Gasteiger partial charge in [-0.3, -0.25) is 4.79 Å². The fourth-order valence-electron chi connectivity index (χ4n) is 3.93.